The van der Waals surface area contributed by atoms with Gasteiger partial charge < -0.3 is 5.11 Å². The highest BCUT2D eigenvalue weighted by Crippen LogP contribution is 2.32. The Morgan fingerprint density at radius 2 is 2.21 bits per heavy atom. The third kappa shape index (κ3) is 1.95. The fraction of sp³-hybridized carbons (Fsp3) is 0.200. The monoisotopic (exact) mass is 254 g/mol. The first kappa shape index (κ1) is 11.7. The van der Waals surface area contributed by atoms with Gasteiger partial charge in [0.1, 0.15) is 0 Å². The van der Waals surface area contributed by atoms with Gasteiger partial charge in [-0.25, -0.2) is 4.79 Å². The minimum absolute atomic E-state index is 0.328. The lowest BCUT2D eigenvalue weighted by Crippen LogP contribution is -2.07. The number of hydrogen-bond donors (Lipinski definition) is 1. The average molecular weight is 254 g/mol. The molecular weight excluding hydrogens is 240 g/mol. The minimum atomic E-state index is -0.891. The van der Waals surface area contributed by atoms with E-state index in [0.717, 1.165) is 29.7 Å². The molecule has 3 rings (SSSR count). The molecular formula is C15H14N2O2. The number of aromatic carboxylic acids is 1. The zero-order valence-corrected chi connectivity index (χ0v) is 10.6. The van der Waals surface area contributed by atoms with Crippen molar-refractivity contribution >= 4 is 11.5 Å². The second-order valence-corrected chi connectivity index (χ2v) is 4.67. The Balaban J connectivity index is 2.16. The van der Waals surface area contributed by atoms with Crippen molar-refractivity contribution in [1.82, 2.24) is 9.78 Å². The van der Waals surface area contributed by atoms with Crippen LogP contribution in [-0.4, -0.2) is 20.9 Å². The van der Waals surface area contributed by atoms with E-state index in [9.17, 15) is 4.79 Å². The first-order valence-corrected chi connectivity index (χ1v) is 6.22. The standard InChI is InChI=1S/C15H14N2O2/c1-17-14(7-8-16-17)12-4-2-3-10-5-6-11(15(18)19)9-13(10)12/h4-9H,2-3H2,1H3,(H,18,19). The molecule has 0 saturated carbocycles. The molecule has 1 aliphatic rings. The van der Waals surface area contributed by atoms with Crippen LogP contribution in [-0.2, 0) is 13.5 Å². The Bertz CT molecular complexity index is 683. The van der Waals surface area contributed by atoms with Crippen LogP contribution in [0.25, 0.3) is 5.57 Å². The molecule has 4 nitrogen and oxygen atoms in total. The topological polar surface area (TPSA) is 55.1 Å². The van der Waals surface area contributed by atoms with E-state index in [1.54, 1.807) is 18.3 Å². The summed E-state index contributed by atoms with van der Waals surface area (Å²) in [5, 5.41) is 13.3. The number of carboxylic acids is 1. The smallest absolute Gasteiger partial charge is 0.335 e. The van der Waals surface area contributed by atoms with Gasteiger partial charge >= 0.3 is 5.97 Å². The molecule has 0 radical (unpaired) electrons. The molecule has 0 atom stereocenters. The first-order chi connectivity index (χ1) is 9.16. The summed E-state index contributed by atoms with van der Waals surface area (Å²) in [6.07, 6.45) is 5.84. The summed E-state index contributed by atoms with van der Waals surface area (Å²) in [7, 11) is 1.89. The van der Waals surface area contributed by atoms with Gasteiger partial charge in [0, 0.05) is 18.8 Å². The molecule has 0 unspecified atom stereocenters. The summed E-state index contributed by atoms with van der Waals surface area (Å²) in [6.45, 7) is 0. The molecule has 0 aliphatic heterocycles. The zero-order chi connectivity index (χ0) is 13.4. The molecule has 96 valence electrons. The summed E-state index contributed by atoms with van der Waals surface area (Å²) in [5.41, 5.74) is 4.63. The quantitative estimate of drug-likeness (QED) is 0.895. The maximum absolute atomic E-state index is 11.1. The van der Waals surface area contributed by atoms with Crippen LogP contribution in [0.1, 0.15) is 33.6 Å². The van der Waals surface area contributed by atoms with Crippen LogP contribution in [0.5, 0.6) is 0 Å². The van der Waals surface area contributed by atoms with Crippen molar-refractivity contribution in [2.45, 2.75) is 12.8 Å². The SMILES string of the molecule is Cn1nccc1C1=CCCc2ccc(C(=O)O)cc21. The molecule has 0 amide bonds. The number of carboxylic acid groups (broad SMARTS) is 1. The van der Waals surface area contributed by atoms with Crippen LogP contribution in [0.15, 0.2) is 36.5 Å². The van der Waals surface area contributed by atoms with E-state index < -0.39 is 5.97 Å². The molecule has 1 N–H and O–H groups in total. The molecule has 0 bridgehead atoms. The lowest BCUT2D eigenvalue weighted by molar-refractivity contribution is 0.0697. The number of fused-ring (bicyclic) bond motifs is 1. The Hall–Kier alpha value is -2.36. The van der Waals surface area contributed by atoms with E-state index in [4.69, 9.17) is 5.11 Å². The van der Waals surface area contributed by atoms with Crippen molar-refractivity contribution in [3.63, 3.8) is 0 Å². The minimum Gasteiger partial charge on any atom is -0.478 e. The van der Waals surface area contributed by atoms with Crippen LogP contribution in [0.4, 0.5) is 0 Å². The number of nitrogens with zero attached hydrogens (tertiary/aromatic N) is 2. The molecule has 1 aromatic carbocycles. The maximum atomic E-state index is 11.1. The van der Waals surface area contributed by atoms with Gasteiger partial charge in [-0.3, -0.25) is 4.68 Å². The van der Waals surface area contributed by atoms with Gasteiger partial charge in [-0.05, 0) is 42.2 Å². The molecule has 1 aliphatic carbocycles. The third-order valence-electron chi connectivity index (χ3n) is 3.51. The van der Waals surface area contributed by atoms with E-state index in [1.807, 2.05) is 23.9 Å². The molecule has 0 fully saturated rings. The summed E-state index contributed by atoms with van der Waals surface area (Å²) in [6, 6.07) is 7.31. The van der Waals surface area contributed by atoms with E-state index in [1.165, 1.54) is 5.56 Å². The molecule has 2 aromatic rings. The molecule has 19 heavy (non-hydrogen) atoms. The summed E-state index contributed by atoms with van der Waals surface area (Å²) < 4.78 is 1.81. The average Bonchev–Trinajstić information content (AvgIpc) is 2.83. The van der Waals surface area contributed by atoms with E-state index >= 15 is 0 Å². The lowest BCUT2D eigenvalue weighted by atomic mass is 9.88. The van der Waals surface area contributed by atoms with Gasteiger partial charge in [0.25, 0.3) is 0 Å². The highest BCUT2D eigenvalue weighted by Gasteiger charge is 2.18. The summed E-state index contributed by atoms with van der Waals surface area (Å²) in [4.78, 5) is 11.1. The Kier molecular flexibility index (Phi) is 2.71. The molecule has 1 aromatic heterocycles. The highest BCUT2D eigenvalue weighted by atomic mass is 16.4. The fourth-order valence-electron chi connectivity index (χ4n) is 2.54. The second-order valence-electron chi connectivity index (χ2n) is 4.67. The number of carbonyl (C=O) groups is 1. The Labute approximate surface area is 111 Å². The van der Waals surface area contributed by atoms with Crippen LogP contribution >= 0.6 is 0 Å². The van der Waals surface area contributed by atoms with Gasteiger partial charge in [-0.1, -0.05) is 12.1 Å². The molecule has 4 heteroatoms. The number of allylic oxidation sites excluding steroid dienone is 1. The Morgan fingerprint density at radius 3 is 2.89 bits per heavy atom. The number of hydrogen-bond acceptors (Lipinski definition) is 2. The number of rotatable bonds is 2. The van der Waals surface area contributed by atoms with Gasteiger partial charge in [-0.2, -0.15) is 5.10 Å². The van der Waals surface area contributed by atoms with Crippen LogP contribution in [0.3, 0.4) is 0 Å². The van der Waals surface area contributed by atoms with Gasteiger partial charge in [0.15, 0.2) is 0 Å². The van der Waals surface area contributed by atoms with Crippen molar-refractivity contribution in [3.05, 3.63) is 58.9 Å². The highest BCUT2D eigenvalue weighted by molar-refractivity contribution is 5.91. The number of aromatic nitrogens is 2. The first-order valence-electron chi connectivity index (χ1n) is 6.22. The van der Waals surface area contributed by atoms with Crippen LogP contribution in [0.2, 0.25) is 0 Å². The van der Waals surface area contributed by atoms with Gasteiger partial charge in [-0.15, -0.1) is 0 Å². The number of benzene rings is 1. The fourth-order valence-corrected chi connectivity index (χ4v) is 2.54. The molecule has 1 heterocycles. The predicted octanol–water partition coefficient (Wildman–Crippen LogP) is 2.50. The maximum Gasteiger partial charge on any atom is 0.335 e. The van der Waals surface area contributed by atoms with Crippen molar-refractivity contribution in [1.29, 1.82) is 0 Å². The van der Waals surface area contributed by atoms with Gasteiger partial charge in [0.2, 0.25) is 0 Å². The number of aryl methyl sites for hydroxylation is 2. The normalized spacial score (nSPS) is 13.8. The molecule has 0 saturated heterocycles. The van der Waals surface area contributed by atoms with E-state index in [-0.39, 0.29) is 0 Å². The van der Waals surface area contributed by atoms with Crippen molar-refractivity contribution in [3.8, 4) is 0 Å². The van der Waals surface area contributed by atoms with Crippen molar-refractivity contribution in [2.24, 2.45) is 7.05 Å². The zero-order valence-electron chi connectivity index (χ0n) is 10.6. The van der Waals surface area contributed by atoms with Gasteiger partial charge in [0.05, 0.1) is 11.3 Å². The Morgan fingerprint density at radius 1 is 1.37 bits per heavy atom. The van der Waals surface area contributed by atoms with E-state index in [2.05, 4.69) is 11.2 Å². The molecule has 0 spiro atoms. The lowest BCUT2D eigenvalue weighted by Gasteiger charge is -2.18. The van der Waals surface area contributed by atoms with Crippen molar-refractivity contribution in [2.75, 3.05) is 0 Å². The summed E-state index contributed by atoms with van der Waals surface area (Å²) in [5.74, 6) is -0.891. The summed E-state index contributed by atoms with van der Waals surface area (Å²) >= 11 is 0. The second kappa shape index (κ2) is 4.39. The predicted molar refractivity (Wildman–Crippen MR) is 72.0 cm³/mol. The third-order valence-corrected chi connectivity index (χ3v) is 3.51. The van der Waals surface area contributed by atoms with E-state index in [0.29, 0.717) is 5.56 Å². The van der Waals surface area contributed by atoms with Crippen LogP contribution < -0.4 is 0 Å². The largest absolute Gasteiger partial charge is 0.478 e. The van der Waals surface area contributed by atoms with Crippen LogP contribution in [0, 0.1) is 0 Å². The van der Waals surface area contributed by atoms with Crippen molar-refractivity contribution < 1.29 is 9.90 Å².